The molecule has 210 valence electrons. The summed E-state index contributed by atoms with van der Waals surface area (Å²) in [5.41, 5.74) is 0.203. The second kappa shape index (κ2) is 9.54. The average molecular weight is 557 g/mol. The summed E-state index contributed by atoms with van der Waals surface area (Å²) in [4.78, 5) is 40.2. The van der Waals surface area contributed by atoms with Crippen molar-refractivity contribution in [3.63, 3.8) is 0 Å². The summed E-state index contributed by atoms with van der Waals surface area (Å²) in [6.45, 7) is 22.9. The minimum Gasteiger partial charge on any atom is -0.414 e. The van der Waals surface area contributed by atoms with Gasteiger partial charge in [0.25, 0.3) is 11.5 Å². The van der Waals surface area contributed by atoms with Crippen LogP contribution in [0.25, 0.3) is 0 Å². The first kappa shape index (κ1) is 29.9. The highest BCUT2D eigenvalue weighted by molar-refractivity contribution is 6.74. The van der Waals surface area contributed by atoms with Gasteiger partial charge in [-0.15, -0.1) is 0 Å². The van der Waals surface area contributed by atoms with Crippen molar-refractivity contribution >= 4 is 22.5 Å². The number of aromatic amines is 1. The maximum absolute atomic E-state index is 13.0. The highest BCUT2D eigenvalue weighted by atomic mass is 28.4. The van der Waals surface area contributed by atoms with Crippen LogP contribution in [0.4, 0.5) is 0 Å². The van der Waals surface area contributed by atoms with Gasteiger partial charge in [0.05, 0.1) is 6.61 Å². The van der Waals surface area contributed by atoms with Crippen molar-refractivity contribution in [2.45, 2.75) is 115 Å². The van der Waals surface area contributed by atoms with Gasteiger partial charge in [0.2, 0.25) is 0 Å². The predicted molar refractivity (Wildman–Crippen MR) is 145 cm³/mol. The van der Waals surface area contributed by atoms with Gasteiger partial charge in [-0.25, -0.2) is 10.6 Å². The van der Waals surface area contributed by atoms with Crippen molar-refractivity contribution in [2.75, 3.05) is 6.61 Å². The van der Waals surface area contributed by atoms with Crippen LogP contribution in [0.3, 0.4) is 0 Å². The summed E-state index contributed by atoms with van der Waals surface area (Å²) >= 11 is 0. The van der Waals surface area contributed by atoms with E-state index in [1.54, 1.807) is 6.92 Å². The lowest BCUT2D eigenvalue weighted by molar-refractivity contribution is -0.122. The summed E-state index contributed by atoms with van der Waals surface area (Å²) < 4.78 is 27.3. The standard InChI is InChI=1S/C24H44N4O7Si2/c1-14-12-28(21(31)26-18(14)29)20-17(35-37(10,11)23(5,6)7)24(16(34-24)19(30)27-25)15(33-20)13-32-36(8,9)22(2,3)4/h12,15-17,20H,13,25H2,1-11H3,(H,27,30)(H,26,29,31). The van der Waals surface area contributed by atoms with E-state index in [2.05, 4.69) is 78.1 Å². The second-order valence-corrected chi connectivity index (χ2v) is 22.8. The largest absolute Gasteiger partial charge is 0.414 e. The van der Waals surface area contributed by atoms with E-state index in [1.807, 2.05) is 0 Å². The highest BCUT2D eigenvalue weighted by Gasteiger charge is 2.77. The van der Waals surface area contributed by atoms with Gasteiger partial charge in [-0.3, -0.25) is 24.6 Å². The maximum atomic E-state index is 13.0. The number of nitrogens with two attached hydrogens (primary N) is 1. The lowest BCUT2D eigenvalue weighted by Crippen LogP contribution is -2.54. The smallest absolute Gasteiger partial charge is 0.330 e. The number of hydrogen-bond donors (Lipinski definition) is 3. The number of ether oxygens (including phenoxy) is 2. The molecule has 3 heterocycles. The first-order chi connectivity index (χ1) is 16.7. The maximum Gasteiger partial charge on any atom is 0.330 e. The number of nitrogens with zero attached hydrogens (tertiary/aromatic N) is 1. The number of amides is 1. The molecule has 3 rings (SSSR count). The molecule has 5 atom stereocenters. The van der Waals surface area contributed by atoms with Crippen molar-refractivity contribution in [1.29, 1.82) is 0 Å². The van der Waals surface area contributed by atoms with E-state index in [1.165, 1.54) is 10.8 Å². The molecule has 11 nitrogen and oxygen atoms in total. The summed E-state index contributed by atoms with van der Waals surface area (Å²) in [6, 6.07) is 0. The zero-order chi connectivity index (χ0) is 28.4. The molecule has 0 aromatic carbocycles. The van der Waals surface area contributed by atoms with Gasteiger partial charge in [0.15, 0.2) is 34.6 Å². The SMILES string of the molecule is Cc1cn(C2OC(CO[Si](C)(C)C(C)(C)C)C3(OC3C(=O)NN)C2O[Si](C)(C)C(C)(C)C)c(=O)[nH]c1=O. The summed E-state index contributed by atoms with van der Waals surface area (Å²) in [5, 5.41) is -0.235. The molecule has 1 amide bonds. The molecule has 4 N–H and O–H groups in total. The van der Waals surface area contributed by atoms with E-state index in [9.17, 15) is 14.4 Å². The molecule has 2 saturated heterocycles. The zero-order valence-electron chi connectivity index (χ0n) is 24.0. The van der Waals surface area contributed by atoms with Crippen molar-refractivity contribution in [3.05, 3.63) is 32.6 Å². The van der Waals surface area contributed by atoms with E-state index >= 15 is 0 Å². The Morgan fingerprint density at radius 1 is 1.14 bits per heavy atom. The van der Waals surface area contributed by atoms with Crippen molar-refractivity contribution in [2.24, 2.45) is 5.84 Å². The fraction of sp³-hybridized carbons (Fsp3) is 0.792. The van der Waals surface area contributed by atoms with E-state index in [4.69, 9.17) is 24.2 Å². The summed E-state index contributed by atoms with van der Waals surface area (Å²) in [5.74, 6) is 4.98. The van der Waals surface area contributed by atoms with Crippen molar-refractivity contribution in [1.82, 2.24) is 15.0 Å². The number of H-pyrrole nitrogens is 1. The number of epoxide rings is 1. The molecule has 2 fully saturated rings. The Kier molecular flexibility index (Phi) is 7.72. The predicted octanol–water partition coefficient (Wildman–Crippen LogP) is 2.28. The number of carbonyl (C=O) groups excluding carboxylic acids is 1. The minimum absolute atomic E-state index is 0.0549. The van der Waals surface area contributed by atoms with Gasteiger partial charge >= 0.3 is 5.69 Å². The van der Waals surface area contributed by atoms with Gasteiger partial charge in [-0.05, 0) is 43.2 Å². The van der Waals surface area contributed by atoms with Crippen molar-refractivity contribution < 1.29 is 23.1 Å². The molecule has 2 aliphatic rings. The molecule has 5 unspecified atom stereocenters. The number of carbonyl (C=O) groups is 1. The van der Waals surface area contributed by atoms with Crippen LogP contribution in [0, 0.1) is 6.92 Å². The van der Waals surface area contributed by atoms with Crippen LogP contribution >= 0.6 is 0 Å². The Morgan fingerprint density at radius 3 is 2.22 bits per heavy atom. The molecule has 37 heavy (non-hydrogen) atoms. The zero-order valence-corrected chi connectivity index (χ0v) is 26.0. The van der Waals surface area contributed by atoms with Crippen LogP contribution in [0.1, 0.15) is 53.3 Å². The van der Waals surface area contributed by atoms with Gasteiger partial charge in [-0.1, -0.05) is 41.5 Å². The molecular weight excluding hydrogens is 512 g/mol. The number of rotatable bonds is 7. The van der Waals surface area contributed by atoms with Crippen LogP contribution in [0.2, 0.25) is 36.3 Å². The van der Waals surface area contributed by atoms with E-state index in [-0.39, 0.29) is 16.7 Å². The van der Waals surface area contributed by atoms with Gasteiger partial charge in [0.1, 0.15) is 12.2 Å². The first-order valence-corrected chi connectivity index (χ1v) is 18.5. The minimum atomic E-state index is -2.47. The molecule has 0 aliphatic carbocycles. The van der Waals surface area contributed by atoms with Crippen LogP contribution in [-0.4, -0.2) is 62.6 Å². The monoisotopic (exact) mass is 556 g/mol. The Labute approximate surface area is 220 Å². The number of aromatic nitrogens is 2. The van der Waals surface area contributed by atoms with Crippen LogP contribution < -0.4 is 22.5 Å². The fourth-order valence-corrected chi connectivity index (χ4v) is 6.31. The summed E-state index contributed by atoms with van der Waals surface area (Å²) in [6.07, 6.45) is -1.99. The molecule has 2 aliphatic heterocycles. The Hall–Kier alpha value is -1.62. The molecule has 0 bridgehead atoms. The number of hydrazine groups is 1. The van der Waals surface area contributed by atoms with E-state index in [0.717, 1.165) is 0 Å². The highest BCUT2D eigenvalue weighted by Crippen LogP contribution is 2.56. The Balaban J connectivity index is 2.13. The number of aryl methyl sites for hydroxylation is 1. The fourth-order valence-electron chi connectivity index (χ4n) is 4.02. The number of nitrogens with one attached hydrogen (secondary N) is 2. The molecule has 0 radical (unpaired) electrons. The third-order valence-corrected chi connectivity index (χ3v) is 17.6. The van der Waals surface area contributed by atoms with Crippen LogP contribution in [0.5, 0.6) is 0 Å². The quantitative estimate of drug-likeness (QED) is 0.152. The molecular formula is C24H44N4O7Si2. The van der Waals surface area contributed by atoms with E-state index < -0.39 is 63.9 Å². The van der Waals surface area contributed by atoms with E-state index in [0.29, 0.717) is 5.56 Å². The third kappa shape index (κ3) is 5.31. The van der Waals surface area contributed by atoms with Crippen LogP contribution in [-0.2, 0) is 23.1 Å². The first-order valence-electron chi connectivity index (χ1n) is 12.7. The Bertz CT molecular complexity index is 1150. The molecule has 0 saturated carbocycles. The molecule has 1 aromatic heterocycles. The molecule has 13 heteroatoms. The third-order valence-electron chi connectivity index (χ3n) is 8.62. The second-order valence-electron chi connectivity index (χ2n) is 13.2. The molecule has 1 spiro atoms. The topological polar surface area (TPSA) is 150 Å². The summed E-state index contributed by atoms with van der Waals surface area (Å²) in [7, 11) is -4.67. The lowest BCUT2D eigenvalue weighted by atomic mass is 9.93. The normalized spacial score (nSPS) is 28.5. The lowest BCUT2D eigenvalue weighted by Gasteiger charge is -2.40. The van der Waals surface area contributed by atoms with Crippen LogP contribution in [0.15, 0.2) is 15.8 Å². The van der Waals surface area contributed by atoms with Gasteiger partial charge in [-0.2, -0.15) is 0 Å². The Morgan fingerprint density at radius 2 is 1.70 bits per heavy atom. The van der Waals surface area contributed by atoms with Crippen molar-refractivity contribution in [3.8, 4) is 0 Å². The number of hydrogen-bond acceptors (Lipinski definition) is 8. The average Bonchev–Trinajstić information content (AvgIpc) is 3.42. The van der Waals surface area contributed by atoms with Gasteiger partial charge in [0, 0.05) is 11.8 Å². The van der Waals surface area contributed by atoms with Gasteiger partial charge < -0.3 is 18.3 Å². The molecule has 1 aromatic rings.